The van der Waals surface area contributed by atoms with Crippen molar-refractivity contribution in [3.05, 3.63) is 49.2 Å². The van der Waals surface area contributed by atoms with Crippen molar-refractivity contribution in [2.75, 3.05) is 5.32 Å². The second-order valence-corrected chi connectivity index (χ2v) is 4.03. The van der Waals surface area contributed by atoms with Crippen LogP contribution >= 0.6 is 0 Å². The summed E-state index contributed by atoms with van der Waals surface area (Å²) in [6.07, 6.45) is 3.83. The average Bonchev–Trinajstić information content (AvgIpc) is 2.39. The third-order valence-corrected chi connectivity index (χ3v) is 2.63. The van der Waals surface area contributed by atoms with Gasteiger partial charge in [-0.15, -0.1) is 6.58 Å². The zero-order valence-corrected chi connectivity index (χ0v) is 9.97. The third kappa shape index (κ3) is 2.73. The van der Waals surface area contributed by atoms with Crippen molar-refractivity contribution in [3.63, 3.8) is 0 Å². The minimum atomic E-state index is -0.563. The lowest BCUT2D eigenvalue weighted by Gasteiger charge is -2.10. The largest absolute Gasteiger partial charge is 0.325 e. The smallest absolute Gasteiger partial charge is 0.241 e. The highest BCUT2D eigenvalue weighted by Crippen LogP contribution is 2.17. The predicted molar refractivity (Wildman–Crippen MR) is 73.2 cm³/mol. The van der Waals surface area contributed by atoms with Crippen LogP contribution in [0.4, 0.5) is 5.69 Å². The van der Waals surface area contributed by atoms with E-state index < -0.39 is 6.04 Å². The van der Waals surface area contributed by atoms with Crippen LogP contribution in [0.1, 0.15) is 6.42 Å². The summed E-state index contributed by atoms with van der Waals surface area (Å²) in [5.74, 6) is -0.210. The third-order valence-electron chi connectivity index (χ3n) is 2.63. The van der Waals surface area contributed by atoms with Gasteiger partial charge in [0.25, 0.3) is 0 Å². The lowest BCUT2D eigenvalue weighted by Crippen LogP contribution is -2.35. The van der Waals surface area contributed by atoms with E-state index in [9.17, 15) is 4.79 Å². The Morgan fingerprint density at radius 2 is 2.33 bits per heavy atom. The Morgan fingerprint density at radius 3 is 3.11 bits per heavy atom. The lowest BCUT2D eigenvalue weighted by atomic mass is 10.1. The van der Waals surface area contributed by atoms with Crippen LogP contribution in [0.3, 0.4) is 0 Å². The van der Waals surface area contributed by atoms with Crippen LogP contribution in [0, 0.1) is 0 Å². The van der Waals surface area contributed by atoms with Gasteiger partial charge in [0.05, 0.1) is 11.6 Å². The van der Waals surface area contributed by atoms with Gasteiger partial charge in [0.2, 0.25) is 5.91 Å². The molecular weight excluding hydrogens is 226 g/mol. The van der Waals surface area contributed by atoms with Gasteiger partial charge in [-0.1, -0.05) is 12.1 Å². The lowest BCUT2D eigenvalue weighted by molar-refractivity contribution is -0.117. The van der Waals surface area contributed by atoms with Gasteiger partial charge in [-0.05, 0) is 30.7 Å². The van der Waals surface area contributed by atoms with Gasteiger partial charge < -0.3 is 11.1 Å². The summed E-state index contributed by atoms with van der Waals surface area (Å²) in [6.45, 7) is 3.56. The zero-order chi connectivity index (χ0) is 13.0. The molecule has 0 spiro atoms. The fourth-order valence-corrected chi connectivity index (χ4v) is 1.67. The van der Waals surface area contributed by atoms with Gasteiger partial charge in [-0.25, -0.2) is 0 Å². The fourth-order valence-electron chi connectivity index (χ4n) is 1.67. The molecule has 0 aliphatic rings. The monoisotopic (exact) mass is 241 g/mol. The molecule has 1 unspecified atom stereocenters. The summed E-state index contributed by atoms with van der Waals surface area (Å²) in [6, 6.07) is 8.80. The molecule has 4 heteroatoms. The number of hydrogen-bond acceptors (Lipinski definition) is 3. The highest BCUT2D eigenvalue weighted by Gasteiger charge is 2.11. The van der Waals surface area contributed by atoms with Gasteiger partial charge in [-0.3, -0.25) is 9.78 Å². The molecule has 18 heavy (non-hydrogen) atoms. The molecule has 0 fully saturated rings. The number of aromatic nitrogens is 1. The van der Waals surface area contributed by atoms with Crippen LogP contribution in [0.2, 0.25) is 0 Å². The van der Waals surface area contributed by atoms with E-state index in [4.69, 9.17) is 5.73 Å². The maximum atomic E-state index is 11.7. The van der Waals surface area contributed by atoms with Gasteiger partial charge >= 0.3 is 0 Å². The molecule has 92 valence electrons. The van der Waals surface area contributed by atoms with E-state index in [1.54, 1.807) is 12.3 Å². The zero-order valence-electron chi connectivity index (χ0n) is 9.97. The molecule has 0 radical (unpaired) electrons. The highest BCUT2D eigenvalue weighted by molar-refractivity contribution is 5.96. The van der Waals surface area contributed by atoms with Crippen LogP contribution in [0.5, 0.6) is 0 Å². The Kier molecular flexibility index (Phi) is 3.69. The van der Waals surface area contributed by atoms with E-state index in [2.05, 4.69) is 16.9 Å². The van der Waals surface area contributed by atoms with Crippen LogP contribution in [-0.4, -0.2) is 16.9 Å². The average molecular weight is 241 g/mol. The van der Waals surface area contributed by atoms with Crippen molar-refractivity contribution in [2.24, 2.45) is 5.73 Å². The Labute approximate surface area is 106 Å². The van der Waals surface area contributed by atoms with Crippen LogP contribution in [0.25, 0.3) is 10.9 Å². The number of carbonyl (C=O) groups excluding carboxylic acids is 1. The van der Waals surface area contributed by atoms with Crippen LogP contribution in [0.15, 0.2) is 49.2 Å². The first kappa shape index (κ1) is 12.3. The number of hydrogen-bond donors (Lipinski definition) is 2. The van der Waals surface area contributed by atoms with Gasteiger partial charge in [0, 0.05) is 17.3 Å². The van der Waals surface area contributed by atoms with E-state index >= 15 is 0 Å². The summed E-state index contributed by atoms with van der Waals surface area (Å²) in [5.41, 5.74) is 7.31. The number of fused-ring (bicyclic) bond motifs is 1. The summed E-state index contributed by atoms with van der Waals surface area (Å²) in [5, 5.41) is 3.76. The normalized spacial score (nSPS) is 12.1. The van der Waals surface area contributed by atoms with Crippen LogP contribution in [-0.2, 0) is 4.79 Å². The van der Waals surface area contributed by atoms with E-state index in [0.717, 1.165) is 16.6 Å². The minimum absolute atomic E-state index is 0.210. The molecule has 2 aromatic rings. The number of rotatable bonds is 4. The van der Waals surface area contributed by atoms with Crippen molar-refractivity contribution in [2.45, 2.75) is 12.5 Å². The standard InChI is InChI=1S/C14H15N3O/c1-2-4-12(15)14(18)17-11-6-7-13-10(9-11)5-3-8-16-13/h2-3,5-9,12H,1,4,15H2,(H,17,18). The maximum absolute atomic E-state index is 11.7. The summed E-state index contributed by atoms with van der Waals surface area (Å²) in [7, 11) is 0. The minimum Gasteiger partial charge on any atom is -0.325 e. The molecular formula is C14H15N3O. The number of carbonyl (C=O) groups is 1. The van der Waals surface area contributed by atoms with Gasteiger partial charge in [0.1, 0.15) is 0 Å². The van der Waals surface area contributed by atoms with Crippen molar-refractivity contribution >= 4 is 22.5 Å². The first-order valence-electron chi connectivity index (χ1n) is 5.73. The first-order valence-corrected chi connectivity index (χ1v) is 5.73. The number of nitrogens with two attached hydrogens (primary N) is 1. The predicted octanol–water partition coefficient (Wildman–Crippen LogP) is 2.08. The number of nitrogens with one attached hydrogen (secondary N) is 1. The second kappa shape index (κ2) is 5.42. The summed E-state index contributed by atoms with van der Waals surface area (Å²) < 4.78 is 0. The molecule has 4 nitrogen and oxygen atoms in total. The topological polar surface area (TPSA) is 68.0 Å². The molecule has 1 aromatic heterocycles. The highest BCUT2D eigenvalue weighted by atomic mass is 16.2. The molecule has 0 aliphatic carbocycles. The quantitative estimate of drug-likeness (QED) is 0.805. The SMILES string of the molecule is C=CCC(N)C(=O)Nc1ccc2ncccc2c1. The molecule has 3 N–H and O–H groups in total. The van der Waals surface area contributed by atoms with Crippen molar-refractivity contribution in [1.29, 1.82) is 0 Å². The first-order chi connectivity index (χ1) is 8.70. The Morgan fingerprint density at radius 1 is 1.50 bits per heavy atom. The maximum Gasteiger partial charge on any atom is 0.241 e. The molecule has 1 amide bonds. The van der Waals surface area contributed by atoms with E-state index in [1.807, 2.05) is 30.3 Å². The number of nitrogens with zero attached hydrogens (tertiary/aromatic N) is 1. The second-order valence-electron chi connectivity index (χ2n) is 4.03. The summed E-state index contributed by atoms with van der Waals surface area (Å²) >= 11 is 0. The van der Waals surface area contributed by atoms with Crippen LogP contribution < -0.4 is 11.1 Å². The number of benzene rings is 1. The van der Waals surface area contributed by atoms with Gasteiger partial charge in [0.15, 0.2) is 0 Å². The molecule has 1 atom stereocenters. The Bertz CT molecular complexity index is 580. The molecule has 1 heterocycles. The molecule has 0 bridgehead atoms. The summed E-state index contributed by atoms with van der Waals surface area (Å²) in [4.78, 5) is 16.0. The molecule has 1 aromatic carbocycles. The molecule has 2 rings (SSSR count). The molecule has 0 aliphatic heterocycles. The van der Waals surface area contributed by atoms with Crippen molar-refractivity contribution < 1.29 is 4.79 Å². The molecule has 0 saturated heterocycles. The fraction of sp³-hybridized carbons (Fsp3) is 0.143. The van der Waals surface area contributed by atoms with E-state index in [0.29, 0.717) is 6.42 Å². The van der Waals surface area contributed by atoms with E-state index in [-0.39, 0.29) is 5.91 Å². The van der Waals surface area contributed by atoms with Crippen molar-refractivity contribution in [3.8, 4) is 0 Å². The number of anilines is 1. The Balaban J connectivity index is 2.16. The van der Waals surface area contributed by atoms with Gasteiger partial charge in [-0.2, -0.15) is 0 Å². The van der Waals surface area contributed by atoms with Crippen molar-refractivity contribution in [1.82, 2.24) is 4.98 Å². The Hall–Kier alpha value is -2.20. The molecule has 0 saturated carbocycles. The number of pyridine rings is 1. The van der Waals surface area contributed by atoms with E-state index in [1.165, 1.54) is 0 Å². The number of amides is 1.